The summed E-state index contributed by atoms with van der Waals surface area (Å²) < 4.78 is 10.8. The molecule has 1 aromatic carbocycles. The van der Waals surface area contributed by atoms with Crippen molar-refractivity contribution in [3.05, 3.63) is 23.8 Å². The van der Waals surface area contributed by atoms with E-state index in [1.54, 1.807) is 6.07 Å². The number of nitrogens with zero attached hydrogens (tertiary/aromatic N) is 1. The van der Waals surface area contributed by atoms with Crippen LogP contribution in [0.3, 0.4) is 0 Å². The highest BCUT2D eigenvalue weighted by molar-refractivity contribution is 5.88. The maximum atomic E-state index is 10.9. The van der Waals surface area contributed by atoms with Gasteiger partial charge in [-0.2, -0.15) is 0 Å². The Hall–Kier alpha value is -1.75. The average Bonchev–Trinajstić information content (AvgIpc) is 2.28. The summed E-state index contributed by atoms with van der Waals surface area (Å²) in [6.07, 6.45) is -0.173. The summed E-state index contributed by atoms with van der Waals surface area (Å²) in [5, 5.41) is 8.91. The molecule has 5 nitrogen and oxygen atoms in total. The number of hydrogen-bond acceptors (Lipinski definition) is 4. The number of ether oxygens (including phenoxy) is 2. The smallest absolute Gasteiger partial charge is 0.335 e. The Balaban J connectivity index is 3.02. The molecule has 0 amide bonds. The van der Waals surface area contributed by atoms with E-state index in [-0.39, 0.29) is 11.8 Å². The van der Waals surface area contributed by atoms with Crippen molar-refractivity contribution >= 4 is 5.97 Å². The number of rotatable bonds is 5. The molecule has 1 rings (SSSR count). The first-order chi connectivity index (χ1) is 7.95. The van der Waals surface area contributed by atoms with Crippen molar-refractivity contribution in [2.45, 2.75) is 13.2 Å². The third kappa shape index (κ3) is 3.35. The Bertz CT molecular complexity index is 403. The van der Waals surface area contributed by atoms with Crippen molar-refractivity contribution in [3.8, 4) is 11.5 Å². The van der Waals surface area contributed by atoms with Gasteiger partial charge in [0.2, 0.25) is 0 Å². The normalized spacial score (nSPS) is 12.3. The van der Waals surface area contributed by atoms with Gasteiger partial charge in [-0.05, 0) is 39.2 Å². The fraction of sp³-hybridized carbons (Fsp3) is 0.417. The number of benzene rings is 1. The lowest BCUT2D eigenvalue weighted by atomic mass is 10.2. The lowest BCUT2D eigenvalue weighted by Gasteiger charge is -2.22. The van der Waals surface area contributed by atoms with Gasteiger partial charge in [0, 0.05) is 0 Å². The van der Waals surface area contributed by atoms with Crippen molar-refractivity contribution in [3.63, 3.8) is 0 Å². The van der Waals surface area contributed by atoms with E-state index in [4.69, 9.17) is 14.6 Å². The summed E-state index contributed by atoms with van der Waals surface area (Å²) in [6, 6.07) is 4.52. The fourth-order valence-electron chi connectivity index (χ4n) is 1.19. The Morgan fingerprint density at radius 3 is 2.47 bits per heavy atom. The van der Waals surface area contributed by atoms with Crippen LogP contribution in [-0.2, 0) is 0 Å². The van der Waals surface area contributed by atoms with Crippen LogP contribution < -0.4 is 9.47 Å². The quantitative estimate of drug-likeness (QED) is 0.792. The van der Waals surface area contributed by atoms with E-state index in [0.29, 0.717) is 11.5 Å². The van der Waals surface area contributed by atoms with E-state index in [0.717, 1.165) is 0 Å². The minimum atomic E-state index is -0.991. The number of carbonyl (C=O) groups is 1. The first-order valence-electron chi connectivity index (χ1n) is 5.20. The minimum Gasteiger partial charge on any atom is -0.493 e. The predicted molar refractivity (Wildman–Crippen MR) is 63.7 cm³/mol. The van der Waals surface area contributed by atoms with Crippen molar-refractivity contribution in [2.75, 3.05) is 21.2 Å². The third-order valence-electron chi connectivity index (χ3n) is 2.44. The maximum absolute atomic E-state index is 10.9. The SMILES string of the molecule is COc1ccc(C(=O)O)cc1OC(C)N(C)C. The molecule has 1 aromatic rings. The lowest BCUT2D eigenvalue weighted by molar-refractivity contribution is 0.0687. The topological polar surface area (TPSA) is 59.0 Å². The molecule has 0 fully saturated rings. The van der Waals surface area contributed by atoms with Gasteiger partial charge in [0.25, 0.3) is 0 Å². The zero-order valence-corrected chi connectivity index (χ0v) is 10.4. The van der Waals surface area contributed by atoms with E-state index >= 15 is 0 Å². The van der Waals surface area contributed by atoms with Crippen LogP contribution in [0.5, 0.6) is 11.5 Å². The second-order valence-electron chi connectivity index (χ2n) is 3.85. The largest absolute Gasteiger partial charge is 0.493 e. The highest BCUT2D eigenvalue weighted by atomic mass is 16.5. The van der Waals surface area contributed by atoms with E-state index in [1.165, 1.54) is 19.2 Å². The molecule has 0 spiro atoms. The highest BCUT2D eigenvalue weighted by Gasteiger charge is 2.13. The van der Waals surface area contributed by atoms with Gasteiger partial charge in [-0.15, -0.1) is 0 Å². The van der Waals surface area contributed by atoms with E-state index in [9.17, 15) is 4.79 Å². The Labute approximate surface area is 101 Å². The van der Waals surface area contributed by atoms with Crippen LogP contribution in [0.1, 0.15) is 17.3 Å². The number of hydrogen-bond donors (Lipinski definition) is 1. The van der Waals surface area contributed by atoms with Crippen molar-refractivity contribution < 1.29 is 19.4 Å². The molecule has 0 saturated heterocycles. The molecule has 17 heavy (non-hydrogen) atoms. The summed E-state index contributed by atoms with van der Waals surface area (Å²) in [4.78, 5) is 12.7. The molecule has 0 aliphatic rings. The summed E-state index contributed by atoms with van der Waals surface area (Å²) >= 11 is 0. The van der Waals surface area contributed by atoms with E-state index in [2.05, 4.69) is 0 Å². The summed E-state index contributed by atoms with van der Waals surface area (Å²) in [5.74, 6) is -0.0488. The lowest BCUT2D eigenvalue weighted by Crippen LogP contribution is -2.30. The van der Waals surface area contributed by atoms with Gasteiger partial charge in [0.1, 0.15) is 6.23 Å². The fourth-order valence-corrected chi connectivity index (χ4v) is 1.19. The van der Waals surface area contributed by atoms with E-state index < -0.39 is 5.97 Å². The molecular formula is C12H17NO4. The Morgan fingerprint density at radius 1 is 1.35 bits per heavy atom. The van der Waals surface area contributed by atoms with Crippen LogP contribution in [0, 0.1) is 0 Å². The monoisotopic (exact) mass is 239 g/mol. The van der Waals surface area contributed by atoms with Crippen molar-refractivity contribution in [1.82, 2.24) is 4.90 Å². The van der Waals surface area contributed by atoms with Crippen LogP contribution >= 0.6 is 0 Å². The van der Waals surface area contributed by atoms with Gasteiger partial charge in [-0.25, -0.2) is 4.79 Å². The zero-order chi connectivity index (χ0) is 13.0. The van der Waals surface area contributed by atoms with Gasteiger partial charge < -0.3 is 14.6 Å². The molecule has 1 unspecified atom stereocenters. The molecule has 5 heteroatoms. The average molecular weight is 239 g/mol. The number of aromatic carboxylic acids is 1. The molecule has 0 aliphatic carbocycles. The molecule has 1 atom stereocenters. The minimum absolute atomic E-state index is 0.173. The summed E-state index contributed by atoms with van der Waals surface area (Å²) in [6.45, 7) is 1.87. The van der Waals surface area contributed by atoms with Gasteiger partial charge in [0.15, 0.2) is 11.5 Å². The summed E-state index contributed by atoms with van der Waals surface area (Å²) in [5.41, 5.74) is 0.173. The van der Waals surface area contributed by atoms with Crippen molar-refractivity contribution in [2.24, 2.45) is 0 Å². The van der Waals surface area contributed by atoms with Crippen LogP contribution in [0.2, 0.25) is 0 Å². The van der Waals surface area contributed by atoms with Gasteiger partial charge in [-0.3, -0.25) is 4.90 Å². The Morgan fingerprint density at radius 2 is 2.00 bits per heavy atom. The Kier molecular flexibility index (Phi) is 4.34. The molecule has 0 bridgehead atoms. The third-order valence-corrected chi connectivity index (χ3v) is 2.44. The predicted octanol–water partition coefficient (Wildman–Crippen LogP) is 1.68. The molecule has 94 valence electrons. The van der Waals surface area contributed by atoms with E-state index in [1.807, 2.05) is 25.9 Å². The van der Waals surface area contributed by atoms with Crippen LogP contribution in [0.25, 0.3) is 0 Å². The van der Waals surface area contributed by atoms with Gasteiger partial charge in [-0.1, -0.05) is 0 Å². The molecule has 0 radical (unpaired) electrons. The van der Waals surface area contributed by atoms with Crippen molar-refractivity contribution in [1.29, 1.82) is 0 Å². The number of carboxylic acids is 1. The molecular weight excluding hydrogens is 222 g/mol. The first-order valence-corrected chi connectivity index (χ1v) is 5.20. The van der Waals surface area contributed by atoms with Gasteiger partial charge in [0.05, 0.1) is 12.7 Å². The van der Waals surface area contributed by atoms with Gasteiger partial charge >= 0.3 is 5.97 Å². The molecule has 1 N–H and O–H groups in total. The molecule has 0 aromatic heterocycles. The van der Waals surface area contributed by atoms with Crippen LogP contribution in [-0.4, -0.2) is 43.4 Å². The summed E-state index contributed by atoms with van der Waals surface area (Å²) in [7, 11) is 5.26. The standard InChI is InChI=1S/C12H17NO4/c1-8(13(2)3)17-11-7-9(12(14)15)5-6-10(11)16-4/h5-8H,1-4H3,(H,14,15). The number of carboxylic acid groups (broad SMARTS) is 1. The zero-order valence-electron chi connectivity index (χ0n) is 10.4. The molecule has 0 heterocycles. The maximum Gasteiger partial charge on any atom is 0.335 e. The molecule has 0 saturated carbocycles. The highest BCUT2D eigenvalue weighted by Crippen LogP contribution is 2.29. The second kappa shape index (κ2) is 5.54. The number of methoxy groups -OCH3 is 1. The molecule has 0 aliphatic heterocycles. The van der Waals surface area contributed by atoms with Crippen LogP contribution in [0.4, 0.5) is 0 Å². The first kappa shape index (κ1) is 13.3. The second-order valence-corrected chi connectivity index (χ2v) is 3.85. The van der Waals surface area contributed by atoms with Crippen LogP contribution in [0.15, 0.2) is 18.2 Å².